The van der Waals surface area contributed by atoms with Crippen molar-refractivity contribution in [3.63, 3.8) is 0 Å². The Balaban J connectivity index is 1.39. The van der Waals surface area contributed by atoms with Crippen molar-refractivity contribution in [1.29, 1.82) is 0 Å². The fraction of sp³-hybridized carbons (Fsp3) is 0. The molecule has 220 valence electrons. The van der Waals surface area contributed by atoms with Crippen LogP contribution < -0.4 is 4.90 Å². The van der Waals surface area contributed by atoms with Crippen molar-refractivity contribution in [2.75, 3.05) is 4.90 Å². The maximum absolute atomic E-state index is 6.31. The predicted octanol–water partition coefficient (Wildman–Crippen LogP) is 13.4. The van der Waals surface area contributed by atoms with Gasteiger partial charge in [-0.2, -0.15) is 0 Å². The van der Waals surface area contributed by atoms with Crippen molar-refractivity contribution in [1.82, 2.24) is 0 Å². The molecule has 0 spiro atoms. The number of furan rings is 1. The summed E-state index contributed by atoms with van der Waals surface area (Å²) < 4.78 is 8.86. The molecule has 0 aliphatic carbocycles. The summed E-state index contributed by atoms with van der Waals surface area (Å²) in [6.45, 7) is 0. The van der Waals surface area contributed by atoms with Crippen LogP contribution in [0.2, 0.25) is 0 Å². The molecule has 2 heterocycles. The Morgan fingerprint density at radius 2 is 1.13 bits per heavy atom. The monoisotopic (exact) mass is 617 g/mol. The smallest absolute Gasteiger partial charge is 0.135 e. The first-order valence-corrected chi connectivity index (χ1v) is 16.7. The van der Waals surface area contributed by atoms with Crippen LogP contribution in [0.5, 0.6) is 0 Å². The van der Waals surface area contributed by atoms with Crippen molar-refractivity contribution in [2.24, 2.45) is 0 Å². The summed E-state index contributed by atoms with van der Waals surface area (Å²) in [5, 5.41) is 9.70. The first-order valence-electron chi connectivity index (χ1n) is 15.9. The summed E-state index contributed by atoms with van der Waals surface area (Å²) in [6.07, 6.45) is 0. The summed E-state index contributed by atoms with van der Waals surface area (Å²) in [5.41, 5.74) is 7.59. The molecular weight excluding hydrogens is 591 g/mol. The fourth-order valence-corrected chi connectivity index (χ4v) is 8.55. The average Bonchev–Trinajstić information content (AvgIpc) is 3.71. The van der Waals surface area contributed by atoms with Crippen LogP contribution in [0.1, 0.15) is 0 Å². The molecule has 10 rings (SSSR count). The molecule has 8 aromatic carbocycles. The van der Waals surface area contributed by atoms with E-state index in [-0.39, 0.29) is 0 Å². The van der Waals surface area contributed by atoms with Crippen LogP contribution in [0.3, 0.4) is 0 Å². The first-order chi connectivity index (χ1) is 23.3. The van der Waals surface area contributed by atoms with Gasteiger partial charge >= 0.3 is 0 Å². The maximum Gasteiger partial charge on any atom is 0.135 e. The van der Waals surface area contributed by atoms with Crippen molar-refractivity contribution >= 4 is 92.1 Å². The van der Waals surface area contributed by atoms with Crippen molar-refractivity contribution in [2.45, 2.75) is 0 Å². The largest absolute Gasteiger partial charge is 0.456 e. The van der Waals surface area contributed by atoms with Gasteiger partial charge in [-0.25, -0.2) is 0 Å². The molecule has 0 saturated carbocycles. The van der Waals surface area contributed by atoms with E-state index in [9.17, 15) is 0 Å². The second-order valence-electron chi connectivity index (χ2n) is 12.1. The molecule has 0 aliphatic heterocycles. The summed E-state index contributed by atoms with van der Waals surface area (Å²) in [4.78, 5) is 2.51. The minimum absolute atomic E-state index is 0.890. The van der Waals surface area contributed by atoms with Crippen LogP contribution in [0.25, 0.3) is 74.8 Å². The van der Waals surface area contributed by atoms with E-state index in [1.165, 1.54) is 58.5 Å². The van der Waals surface area contributed by atoms with E-state index in [0.29, 0.717) is 0 Å². The Kier molecular flexibility index (Phi) is 5.78. The Morgan fingerprint density at radius 1 is 0.447 bits per heavy atom. The number of nitrogens with zero attached hydrogens (tertiary/aromatic N) is 1. The molecule has 0 atom stereocenters. The maximum atomic E-state index is 6.31. The number of thiophene rings is 1. The van der Waals surface area contributed by atoms with Gasteiger partial charge in [0.05, 0.1) is 16.1 Å². The third-order valence-corrected chi connectivity index (χ3v) is 10.6. The van der Waals surface area contributed by atoms with Crippen molar-refractivity contribution < 1.29 is 4.42 Å². The third-order valence-electron chi connectivity index (χ3n) is 9.43. The van der Waals surface area contributed by atoms with E-state index in [4.69, 9.17) is 4.42 Å². The second kappa shape index (κ2) is 10.3. The zero-order valence-electron chi connectivity index (χ0n) is 25.4. The Bertz CT molecular complexity index is 2810. The molecule has 0 amide bonds. The lowest BCUT2D eigenvalue weighted by atomic mass is 9.96. The minimum Gasteiger partial charge on any atom is -0.456 e. The van der Waals surface area contributed by atoms with Gasteiger partial charge < -0.3 is 9.32 Å². The standard InChI is InChI=1S/C44H27NOS/c1-2-12-28(13-3-1)32-23-24-37-36-19-9-11-21-42(36)47-44(37)43(32)45(30-22-25-41-38(27-30)35-18-8-10-20-40(35)46-41)39-26-29-14-4-5-15-31(29)33-16-6-7-17-34(33)39/h1-27H. The molecular formula is C44H27NOS. The molecule has 0 unspecified atom stereocenters. The van der Waals surface area contributed by atoms with Gasteiger partial charge in [0.1, 0.15) is 11.2 Å². The summed E-state index contributed by atoms with van der Waals surface area (Å²) in [6, 6.07) is 59.1. The molecule has 2 aromatic heterocycles. The van der Waals surface area contributed by atoms with Gasteiger partial charge in [0.2, 0.25) is 0 Å². The number of hydrogen-bond acceptors (Lipinski definition) is 3. The van der Waals surface area contributed by atoms with Gasteiger partial charge in [-0.1, -0.05) is 127 Å². The quantitative estimate of drug-likeness (QED) is 0.183. The van der Waals surface area contributed by atoms with E-state index in [1.54, 1.807) is 0 Å². The molecule has 10 aromatic rings. The van der Waals surface area contributed by atoms with Gasteiger partial charge in [-0.3, -0.25) is 0 Å². The van der Waals surface area contributed by atoms with Gasteiger partial charge in [0.15, 0.2) is 0 Å². The molecule has 0 aliphatic rings. The second-order valence-corrected chi connectivity index (χ2v) is 13.1. The number of rotatable bonds is 4. The lowest BCUT2D eigenvalue weighted by Crippen LogP contribution is -2.12. The van der Waals surface area contributed by atoms with E-state index < -0.39 is 0 Å². The molecule has 47 heavy (non-hydrogen) atoms. The minimum atomic E-state index is 0.890. The SMILES string of the molecule is c1ccc(-c2ccc3c(sc4ccccc43)c2N(c2ccc3oc4ccccc4c3c2)c2cc3ccccc3c3ccccc23)cc1. The molecule has 0 bridgehead atoms. The van der Waals surface area contributed by atoms with E-state index >= 15 is 0 Å². The molecule has 3 heteroatoms. The van der Waals surface area contributed by atoms with Crippen molar-refractivity contribution in [3.8, 4) is 11.1 Å². The third kappa shape index (κ3) is 4.04. The normalized spacial score (nSPS) is 11.8. The van der Waals surface area contributed by atoms with Crippen LogP contribution in [0, 0.1) is 0 Å². The number of hydrogen-bond donors (Lipinski definition) is 0. The van der Waals surface area contributed by atoms with Crippen LogP contribution in [0.4, 0.5) is 17.1 Å². The topological polar surface area (TPSA) is 16.4 Å². The first kappa shape index (κ1) is 26.3. The van der Waals surface area contributed by atoms with E-state index in [1.807, 2.05) is 17.4 Å². The lowest BCUT2D eigenvalue weighted by Gasteiger charge is -2.30. The Morgan fingerprint density at radius 3 is 2.00 bits per heavy atom. The molecule has 2 nitrogen and oxygen atoms in total. The molecule has 0 N–H and O–H groups in total. The summed E-state index contributed by atoms with van der Waals surface area (Å²) in [7, 11) is 0. The molecule has 0 fully saturated rings. The van der Waals surface area contributed by atoms with Gasteiger partial charge in [0.25, 0.3) is 0 Å². The van der Waals surface area contributed by atoms with Crippen molar-refractivity contribution in [3.05, 3.63) is 164 Å². The van der Waals surface area contributed by atoms with E-state index in [0.717, 1.165) is 33.3 Å². The number of fused-ring (bicyclic) bond motifs is 9. The highest BCUT2D eigenvalue weighted by Crippen LogP contribution is 2.52. The zero-order chi connectivity index (χ0) is 30.9. The number of anilines is 3. The Hall–Kier alpha value is -5.90. The number of benzene rings is 8. The summed E-state index contributed by atoms with van der Waals surface area (Å²) >= 11 is 1.87. The summed E-state index contributed by atoms with van der Waals surface area (Å²) in [5.74, 6) is 0. The zero-order valence-corrected chi connectivity index (χ0v) is 26.2. The van der Waals surface area contributed by atoms with Crippen LogP contribution in [-0.4, -0.2) is 0 Å². The van der Waals surface area contributed by atoms with Crippen LogP contribution in [-0.2, 0) is 0 Å². The van der Waals surface area contributed by atoms with Crippen LogP contribution >= 0.6 is 11.3 Å². The highest BCUT2D eigenvalue weighted by atomic mass is 32.1. The van der Waals surface area contributed by atoms with Gasteiger partial charge in [-0.05, 0) is 58.1 Å². The molecule has 0 saturated heterocycles. The lowest BCUT2D eigenvalue weighted by molar-refractivity contribution is 0.669. The average molecular weight is 618 g/mol. The molecule has 0 radical (unpaired) electrons. The Labute approximate surface area is 275 Å². The van der Waals surface area contributed by atoms with Gasteiger partial charge in [0, 0.05) is 42.9 Å². The predicted molar refractivity (Wildman–Crippen MR) is 202 cm³/mol. The van der Waals surface area contributed by atoms with Gasteiger partial charge in [-0.15, -0.1) is 11.3 Å². The highest BCUT2D eigenvalue weighted by molar-refractivity contribution is 7.26. The van der Waals surface area contributed by atoms with Crippen LogP contribution in [0.15, 0.2) is 168 Å². The highest BCUT2D eigenvalue weighted by Gasteiger charge is 2.25. The van der Waals surface area contributed by atoms with E-state index in [2.05, 4.69) is 163 Å². The number of para-hydroxylation sites is 1. The fourth-order valence-electron chi connectivity index (χ4n) is 7.31.